The van der Waals surface area contributed by atoms with E-state index in [0.717, 1.165) is 11.3 Å². The van der Waals surface area contributed by atoms with Crippen molar-refractivity contribution in [1.29, 1.82) is 0 Å². The van der Waals surface area contributed by atoms with Crippen LogP contribution >= 0.6 is 11.6 Å². The van der Waals surface area contributed by atoms with Crippen LogP contribution in [0.25, 0.3) is 22.8 Å². The molecule has 0 fully saturated rings. The summed E-state index contributed by atoms with van der Waals surface area (Å²) in [4.78, 5) is 24.4. The first-order valence-corrected chi connectivity index (χ1v) is 9.64. The van der Waals surface area contributed by atoms with Gasteiger partial charge in [-0.1, -0.05) is 35.9 Å². The van der Waals surface area contributed by atoms with Gasteiger partial charge < -0.3 is 5.32 Å². The molecular weight excluding hydrogens is 418 g/mol. The summed E-state index contributed by atoms with van der Waals surface area (Å²) in [6.07, 6.45) is 2.79. The number of nitrogens with zero attached hydrogens (tertiary/aromatic N) is 4. The van der Waals surface area contributed by atoms with Crippen LogP contribution in [0.3, 0.4) is 0 Å². The maximum absolute atomic E-state index is 12.4. The number of carbonyl (C=O) groups is 1. The first-order chi connectivity index (χ1) is 14.9. The lowest BCUT2D eigenvalue weighted by Gasteiger charge is -2.05. The molecule has 1 N–H and O–H groups in total. The van der Waals surface area contributed by atoms with Crippen LogP contribution in [0.5, 0.6) is 0 Å². The van der Waals surface area contributed by atoms with Crippen LogP contribution in [0.1, 0.15) is 11.1 Å². The summed E-state index contributed by atoms with van der Waals surface area (Å²) in [6, 6.07) is 17.5. The van der Waals surface area contributed by atoms with Gasteiger partial charge in [-0.3, -0.25) is 14.9 Å². The molecule has 0 saturated carbocycles. The molecule has 1 amide bonds. The van der Waals surface area contributed by atoms with Gasteiger partial charge in [-0.15, -0.1) is 10.2 Å². The highest BCUT2D eigenvalue weighted by atomic mass is 35.5. The molecule has 1 heterocycles. The minimum atomic E-state index is -0.569. The largest absolute Gasteiger partial charge is 0.322 e. The standard InChI is InChI=1S/C22H16ClN5O3/c1-14-11-19-20(26-27(25-19)16-5-3-2-4-6-16)13-18(14)24-22(29)10-8-15-7-9-17(23)21(12-15)28(30)31/h2-13H,1H3,(H,24,29)/b10-8+. The fourth-order valence-corrected chi connectivity index (χ4v) is 3.19. The molecule has 0 saturated heterocycles. The fraction of sp³-hybridized carbons (Fsp3) is 0.0455. The molecule has 4 aromatic rings. The number of hydrogen-bond donors (Lipinski definition) is 1. The number of nitro benzene ring substituents is 1. The minimum absolute atomic E-state index is 0.0408. The van der Waals surface area contributed by atoms with Crippen LogP contribution < -0.4 is 5.32 Å². The van der Waals surface area contributed by atoms with E-state index in [9.17, 15) is 14.9 Å². The highest BCUT2D eigenvalue weighted by Gasteiger charge is 2.12. The average molecular weight is 434 g/mol. The predicted octanol–water partition coefficient (Wildman–Crippen LogP) is 4.94. The van der Waals surface area contributed by atoms with Crippen molar-refractivity contribution in [3.63, 3.8) is 0 Å². The van der Waals surface area contributed by atoms with E-state index < -0.39 is 4.92 Å². The molecule has 4 rings (SSSR count). The number of halogens is 1. The topological polar surface area (TPSA) is 103 Å². The van der Waals surface area contributed by atoms with Crippen molar-refractivity contribution in [3.05, 3.63) is 93.0 Å². The molecule has 8 nitrogen and oxygen atoms in total. The Morgan fingerprint density at radius 2 is 1.81 bits per heavy atom. The van der Waals surface area contributed by atoms with E-state index in [1.54, 1.807) is 16.9 Å². The Balaban J connectivity index is 1.54. The zero-order valence-electron chi connectivity index (χ0n) is 16.3. The number of nitro groups is 1. The number of anilines is 1. The third kappa shape index (κ3) is 4.44. The molecule has 0 aliphatic heterocycles. The lowest BCUT2D eigenvalue weighted by molar-refractivity contribution is -0.384. The zero-order valence-corrected chi connectivity index (χ0v) is 17.1. The van der Waals surface area contributed by atoms with E-state index in [2.05, 4.69) is 15.5 Å². The summed E-state index contributed by atoms with van der Waals surface area (Å²) in [5.74, 6) is -0.379. The quantitative estimate of drug-likeness (QED) is 0.272. The molecule has 154 valence electrons. The molecule has 0 spiro atoms. The number of fused-ring (bicyclic) bond motifs is 1. The van der Waals surface area contributed by atoms with Crippen molar-refractivity contribution in [3.8, 4) is 5.69 Å². The number of amides is 1. The van der Waals surface area contributed by atoms with Crippen LogP contribution in [-0.4, -0.2) is 25.8 Å². The second-order valence-electron chi connectivity index (χ2n) is 6.77. The molecule has 0 bridgehead atoms. The van der Waals surface area contributed by atoms with Crippen LogP contribution in [0.15, 0.2) is 66.7 Å². The molecular formula is C22H16ClN5O3. The summed E-state index contributed by atoms with van der Waals surface area (Å²) in [6.45, 7) is 1.86. The van der Waals surface area contributed by atoms with Gasteiger partial charge in [0.25, 0.3) is 5.69 Å². The van der Waals surface area contributed by atoms with Crippen molar-refractivity contribution in [2.75, 3.05) is 5.32 Å². The highest BCUT2D eigenvalue weighted by molar-refractivity contribution is 6.32. The summed E-state index contributed by atoms with van der Waals surface area (Å²) in [5.41, 5.74) is 3.89. The van der Waals surface area contributed by atoms with Gasteiger partial charge in [0.05, 0.1) is 10.6 Å². The monoisotopic (exact) mass is 433 g/mol. The number of benzene rings is 3. The predicted molar refractivity (Wildman–Crippen MR) is 119 cm³/mol. The molecule has 31 heavy (non-hydrogen) atoms. The molecule has 0 unspecified atom stereocenters. The van der Waals surface area contributed by atoms with E-state index in [4.69, 9.17) is 11.6 Å². The third-order valence-electron chi connectivity index (χ3n) is 4.57. The summed E-state index contributed by atoms with van der Waals surface area (Å²) in [5, 5.41) is 22.8. The van der Waals surface area contributed by atoms with Crippen LogP contribution in [-0.2, 0) is 4.79 Å². The highest BCUT2D eigenvalue weighted by Crippen LogP contribution is 2.26. The summed E-state index contributed by atoms with van der Waals surface area (Å²) >= 11 is 5.81. The van der Waals surface area contributed by atoms with Gasteiger partial charge in [-0.25, -0.2) is 0 Å². The molecule has 0 aliphatic carbocycles. The Bertz CT molecular complexity index is 1330. The normalized spacial score (nSPS) is 11.2. The summed E-state index contributed by atoms with van der Waals surface area (Å²) in [7, 11) is 0. The van der Waals surface area contributed by atoms with Gasteiger partial charge in [0.15, 0.2) is 0 Å². The molecule has 0 atom stereocenters. The number of hydrogen-bond acceptors (Lipinski definition) is 5. The number of para-hydroxylation sites is 1. The van der Waals surface area contributed by atoms with E-state index in [1.807, 2.05) is 43.3 Å². The van der Waals surface area contributed by atoms with E-state index in [0.29, 0.717) is 22.3 Å². The van der Waals surface area contributed by atoms with Gasteiger partial charge in [-0.2, -0.15) is 4.80 Å². The Morgan fingerprint density at radius 3 is 2.52 bits per heavy atom. The van der Waals surface area contributed by atoms with E-state index in [1.165, 1.54) is 24.3 Å². The Hall–Kier alpha value is -4.04. The van der Waals surface area contributed by atoms with Crippen LogP contribution in [0.2, 0.25) is 5.02 Å². The first kappa shape index (κ1) is 20.2. The third-order valence-corrected chi connectivity index (χ3v) is 4.89. The van der Waals surface area contributed by atoms with Crippen LogP contribution in [0, 0.1) is 17.0 Å². The van der Waals surface area contributed by atoms with Crippen molar-refractivity contribution >= 4 is 46.0 Å². The fourth-order valence-electron chi connectivity index (χ4n) is 3.00. The van der Waals surface area contributed by atoms with Gasteiger partial charge in [0, 0.05) is 17.8 Å². The maximum atomic E-state index is 12.4. The molecule has 9 heteroatoms. The Kier molecular flexibility index (Phi) is 5.46. The molecule has 0 aliphatic rings. The first-order valence-electron chi connectivity index (χ1n) is 9.27. The number of aromatic nitrogens is 3. The minimum Gasteiger partial charge on any atom is -0.322 e. The second-order valence-corrected chi connectivity index (χ2v) is 7.18. The van der Waals surface area contributed by atoms with E-state index >= 15 is 0 Å². The van der Waals surface area contributed by atoms with Crippen LogP contribution in [0.4, 0.5) is 11.4 Å². The molecule has 1 aromatic heterocycles. The number of nitrogens with one attached hydrogen (secondary N) is 1. The average Bonchev–Trinajstić information content (AvgIpc) is 3.16. The Morgan fingerprint density at radius 1 is 1.10 bits per heavy atom. The second kappa shape index (κ2) is 8.37. The Labute approximate surface area is 181 Å². The van der Waals surface area contributed by atoms with E-state index in [-0.39, 0.29) is 16.6 Å². The smallest absolute Gasteiger partial charge is 0.288 e. The molecule has 3 aromatic carbocycles. The van der Waals surface area contributed by atoms with Crippen molar-refractivity contribution in [1.82, 2.24) is 15.0 Å². The van der Waals surface area contributed by atoms with Gasteiger partial charge in [0.1, 0.15) is 16.1 Å². The maximum Gasteiger partial charge on any atom is 0.288 e. The summed E-state index contributed by atoms with van der Waals surface area (Å²) < 4.78 is 0. The SMILES string of the molecule is Cc1cc2nn(-c3ccccc3)nc2cc1NC(=O)/C=C/c1ccc(Cl)c([N+](=O)[O-])c1. The number of rotatable bonds is 5. The number of aryl methyl sites for hydroxylation is 1. The zero-order chi connectivity index (χ0) is 22.0. The van der Waals surface area contributed by atoms with Gasteiger partial charge in [0.2, 0.25) is 5.91 Å². The lowest BCUT2D eigenvalue weighted by atomic mass is 10.1. The van der Waals surface area contributed by atoms with Gasteiger partial charge in [-0.05, 0) is 54.5 Å². The van der Waals surface area contributed by atoms with Crippen molar-refractivity contribution in [2.24, 2.45) is 0 Å². The van der Waals surface area contributed by atoms with Crippen molar-refractivity contribution < 1.29 is 9.72 Å². The van der Waals surface area contributed by atoms with Crippen molar-refractivity contribution in [2.45, 2.75) is 6.92 Å². The molecule has 0 radical (unpaired) electrons. The number of carbonyl (C=O) groups excluding carboxylic acids is 1. The van der Waals surface area contributed by atoms with Gasteiger partial charge >= 0.3 is 0 Å². The lowest BCUT2D eigenvalue weighted by Crippen LogP contribution is -2.09.